The lowest BCUT2D eigenvalue weighted by Gasteiger charge is -2.30. The average Bonchev–Trinajstić information content (AvgIpc) is 2.48. The van der Waals surface area contributed by atoms with Crippen LogP contribution in [0, 0.1) is 18.3 Å². The minimum Gasteiger partial charge on any atom is -0.349 e. The molecule has 0 aliphatic carbocycles. The highest BCUT2D eigenvalue weighted by molar-refractivity contribution is 6.31. The zero-order valence-corrected chi connectivity index (χ0v) is 13.1. The Labute approximate surface area is 131 Å². The first-order valence-electron chi connectivity index (χ1n) is 7.32. The first kappa shape index (κ1) is 15.9. The Hall–Kier alpha value is -1.50. The lowest BCUT2D eigenvalue weighted by atomic mass is 9.95. The number of hydrogen-bond acceptors (Lipinski definition) is 2. The molecule has 4 heteroatoms. The second kappa shape index (κ2) is 7.49. The van der Waals surface area contributed by atoms with Crippen LogP contribution in [0.1, 0.15) is 31.4 Å². The molecule has 0 radical (unpaired) electrons. The number of likely N-dealkylation sites (tertiary alicyclic amines) is 1. The van der Waals surface area contributed by atoms with Crippen molar-refractivity contribution in [1.82, 2.24) is 10.2 Å². The van der Waals surface area contributed by atoms with Crippen LogP contribution in [0.3, 0.4) is 0 Å². The maximum absolute atomic E-state index is 12.3. The smallest absolute Gasteiger partial charge is 0.223 e. The summed E-state index contributed by atoms with van der Waals surface area (Å²) < 4.78 is 0. The van der Waals surface area contributed by atoms with Gasteiger partial charge in [-0.3, -0.25) is 9.69 Å². The highest BCUT2D eigenvalue weighted by Crippen LogP contribution is 2.24. The number of nitrogens with one attached hydrogen (secondary N) is 1. The van der Waals surface area contributed by atoms with Gasteiger partial charge in [0.15, 0.2) is 0 Å². The van der Waals surface area contributed by atoms with Crippen molar-refractivity contribution in [3.63, 3.8) is 0 Å². The molecule has 1 amide bonds. The molecule has 1 saturated heterocycles. The van der Waals surface area contributed by atoms with Crippen molar-refractivity contribution >= 4 is 17.5 Å². The predicted molar refractivity (Wildman–Crippen MR) is 86.0 cm³/mol. The van der Waals surface area contributed by atoms with Crippen molar-refractivity contribution in [2.45, 2.75) is 25.8 Å². The van der Waals surface area contributed by atoms with E-state index in [9.17, 15) is 4.79 Å². The number of nitrogens with zero attached hydrogens (tertiary/aromatic N) is 1. The Kier molecular flexibility index (Phi) is 5.67. The molecule has 3 nitrogen and oxygen atoms in total. The Balaban J connectivity index is 1.88. The molecule has 0 bridgehead atoms. The molecule has 0 saturated carbocycles. The Morgan fingerprint density at radius 2 is 2.14 bits per heavy atom. The summed E-state index contributed by atoms with van der Waals surface area (Å²) >= 11 is 6.17. The van der Waals surface area contributed by atoms with Crippen molar-refractivity contribution in [2.24, 2.45) is 5.92 Å². The van der Waals surface area contributed by atoms with E-state index in [0.717, 1.165) is 31.5 Å². The molecule has 21 heavy (non-hydrogen) atoms. The second-order valence-electron chi connectivity index (χ2n) is 5.51. The van der Waals surface area contributed by atoms with E-state index in [4.69, 9.17) is 18.0 Å². The summed E-state index contributed by atoms with van der Waals surface area (Å²) in [5.41, 5.74) is 0.956. The van der Waals surface area contributed by atoms with E-state index >= 15 is 0 Å². The van der Waals surface area contributed by atoms with E-state index in [1.807, 2.05) is 31.2 Å². The number of piperidine rings is 1. The number of carbonyl (C=O) groups is 1. The molecule has 1 aliphatic heterocycles. The van der Waals surface area contributed by atoms with E-state index in [1.54, 1.807) is 0 Å². The number of hydrogen-bond donors (Lipinski definition) is 1. The van der Waals surface area contributed by atoms with Crippen LogP contribution < -0.4 is 5.32 Å². The number of terminal acetylenes is 1. The maximum atomic E-state index is 12.3. The number of halogens is 1. The molecule has 112 valence electrons. The fraction of sp³-hybridized carbons (Fsp3) is 0.471. The van der Waals surface area contributed by atoms with Crippen LogP contribution in [-0.2, 0) is 4.79 Å². The lowest BCUT2D eigenvalue weighted by molar-refractivity contribution is -0.127. The second-order valence-corrected chi connectivity index (χ2v) is 5.91. The van der Waals surface area contributed by atoms with Gasteiger partial charge in [0.2, 0.25) is 5.91 Å². The van der Waals surface area contributed by atoms with Gasteiger partial charge in [-0.2, -0.15) is 0 Å². The Morgan fingerprint density at radius 3 is 2.76 bits per heavy atom. The molecule has 1 aliphatic rings. The number of rotatable bonds is 4. The number of carbonyl (C=O) groups excluding carboxylic acids is 1. The minimum absolute atomic E-state index is 0.0731. The standard InChI is InChI=1S/C17H21ClN2O/c1-3-10-20-11-8-14(9-12-20)17(21)19-13(2)15-6-4-5-7-16(15)18/h1,4-7,13-14H,8-12H2,2H3,(H,19,21). The van der Waals surface area contributed by atoms with Gasteiger partial charge in [-0.05, 0) is 44.5 Å². The van der Waals surface area contributed by atoms with E-state index in [2.05, 4.69) is 16.1 Å². The number of amides is 1. The molecular weight excluding hydrogens is 284 g/mol. The summed E-state index contributed by atoms with van der Waals surface area (Å²) in [6, 6.07) is 7.54. The molecule has 0 spiro atoms. The minimum atomic E-state index is -0.0741. The molecule has 1 N–H and O–H groups in total. The summed E-state index contributed by atoms with van der Waals surface area (Å²) in [5.74, 6) is 2.84. The normalized spacial score (nSPS) is 18.0. The van der Waals surface area contributed by atoms with Gasteiger partial charge >= 0.3 is 0 Å². The summed E-state index contributed by atoms with van der Waals surface area (Å²) in [4.78, 5) is 14.6. The van der Waals surface area contributed by atoms with Gasteiger partial charge in [-0.1, -0.05) is 35.7 Å². The fourth-order valence-electron chi connectivity index (χ4n) is 2.72. The van der Waals surface area contributed by atoms with E-state index in [-0.39, 0.29) is 17.9 Å². The zero-order valence-electron chi connectivity index (χ0n) is 12.3. The summed E-state index contributed by atoms with van der Waals surface area (Å²) in [6.45, 7) is 4.42. The quantitative estimate of drug-likeness (QED) is 0.868. The van der Waals surface area contributed by atoms with Gasteiger partial charge in [-0.25, -0.2) is 0 Å². The lowest BCUT2D eigenvalue weighted by Crippen LogP contribution is -2.41. The molecule has 1 aromatic rings. The van der Waals surface area contributed by atoms with Crippen LogP contribution in [0.4, 0.5) is 0 Å². The van der Waals surface area contributed by atoms with Crippen molar-refractivity contribution in [2.75, 3.05) is 19.6 Å². The summed E-state index contributed by atoms with van der Waals surface area (Å²) in [5, 5.41) is 3.76. The average molecular weight is 305 g/mol. The van der Waals surface area contributed by atoms with Crippen molar-refractivity contribution < 1.29 is 4.79 Å². The molecule has 1 aromatic carbocycles. The van der Waals surface area contributed by atoms with Gasteiger partial charge in [0.05, 0.1) is 12.6 Å². The Bertz CT molecular complexity index is 530. The third-order valence-electron chi connectivity index (χ3n) is 4.00. The highest BCUT2D eigenvalue weighted by Gasteiger charge is 2.25. The predicted octanol–water partition coefficient (Wildman–Crippen LogP) is 2.86. The van der Waals surface area contributed by atoms with Gasteiger partial charge < -0.3 is 5.32 Å². The SMILES string of the molecule is C#CCN1CCC(C(=O)NC(C)c2ccccc2Cl)CC1. The molecule has 1 unspecified atom stereocenters. The monoisotopic (exact) mass is 304 g/mol. The van der Waals surface area contributed by atoms with Crippen molar-refractivity contribution in [3.8, 4) is 12.3 Å². The van der Waals surface area contributed by atoms with Crippen LogP contribution in [0.2, 0.25) is 5.02 Å². The number of benzene rings is 1. The van der Waals surface area contributed by atoms with Crippen molar-refractivity contribution in [1.29, 1.82) is 0 Å². The Morgan fingerprint density at radius 1 is 1.48 bits per heavy atom. The maximum Gasteiger partial charge on any atom is 0.223 e. The first-order valence-corrected chi connectivity index (χ1v) is 7.70. The van der Waals surface area contributed by atoms with Crippen LogP contribution in [-0.4, -0.2) is 30.4 Å². The van der Waals surface area contributed by atoms with Crippen LogP contribution >= 0.6 is 11.6 Å². The third kappa shape index (κ3) is 4.23. The topological polar surface area (TPSA) is 32.3 Å². The van der Waals surface area contributed by atoms with Gasteiger partial charge in [-0.15, -0.1) is 6.42 Å². The molecular formula is C17H21ClN2O. The molecule has 2 rings (SSSR count). The fourth-order valence-corrected chi connectivity index (χ4v) is 3.02. The molecule has 1 heterocycles. The zero-order chi connectivity index (χ0) is 15.2. The summed E-state index contributed by atoms with van der Waals surface area (Å²) in [6.07, 6.45) is 7.04. The van der Waals surface area contributed by atoms with Gasteiger partial charge in [0.1, 0.15) is 0 Å². The molecule has 1 fully saturated rings. The van der Waals surface area contributed by atoms with E-state index in [1.165, 1.54) is 0 Å². The first-order chi connectivity index (χ1) is 10.1. The van der Waals surface area contributed by atoms with Crippen LogP contribution in [0.15, 0.2) is 24.3 Å². The summed E-state index contributed by atoms with van der Waals surface area (Å²) in [7, 11) is 0. The van der Waals surface area contributed by atoms with Gasteiger partial charge in [0, 0.05) is 10.9 Å². The highest BCUT2D eigenvalue weighted by atomic mass is 35.5. The van der Waals surface area contributed by atoms with Gasteiger partial charge in [0.25, 0.3) is 0 Å². The molecule has 0 aromatic heterocycles. The van der Waals surface area contributed by atoms with Crippen LogP contribution in [0.5, 0.6) is 0 Å². The van der Waals surface area contributed by atoms with E-state index in [0.29, 0.717) is 11.6 Å². The van der Waals surface area contributed by atoms with Crippen LogP contribution in [0.25, 0.3) is 0 Å². The third-order valence-corrected chi connectivity index (χ3v) is 4.35. The van der Waals surface area contributed by atoms with E-state index < -0.39 is 0 Å². The van der Waals surface area contributed by atoms with Crippen molar-refractivity contribution in [3.05, 3.63) is 34.9 Å². The largest absolute Gasteiger partial charge is 0.349 e. The molecule has 1 atom stereocenters.